The Morgan fingerprint density at radius 1 is 1.24 bits per heavy atom. The van der Waals surface area contributed by atoms with Gasteiger partial charge in [0.25, 0.3) is 0 Å². The maximum Gasteiger partial charge on any atom is 0.409 e. The van der Waals surface area contributed by atoms with Gasteiger partial charge in [-0.25, -0.2) is 9.78 Å². The molecule has 3 rings (SSSR count). The quantitative estimate of drug-likeness (QED) is 0.865. The van der Waals surface area contributed by atoms with Crippen LogP contribution in [0.3, 0.4) is 0 Å². The zero-order valence-corrected chi connectivity index (χ0v) is 12.1. The fourth-order valence-corrected chi connectivity index (χ4v) is 2.87. The van der Waals surface area contributed by atoms with Gasteiger partial charge in [-0.3, -0.25) is 0 Å². The summed E-state index contributed by atoms with van der Waals surface area (Å²) in [7, 11) is 0. The maximum atomic E-state index is 11.6. The Hall–Kier alpha value is -2.05. The first-order chi connectivity index (χ1) is 10.2. The molecule has 0 spiro atoms. The third kappa shape index (κ3) is 3.17. The number of carbonyl (C=O) groups excluding carboxylic acids is 1. The normalized spacial score (nSPS) is 18.1. The Morgan fingerprint density at radius 2 is 2.10 bits per heavy atom. The zero-order valence-electron chi connectivity index (χ0n) is 12.1. The summed E-state index contributed by atoms with van der Waals surface area (Å²) in [5, 5.41) is 3.30. The van der Waals surface area contributed by atoms with Gasteiger partial charge >= 0.3 is 6.09 Å². The van der Waals surface area contributed by atoms with Gasteiger partial charge in [0, 0.05) is 25.2 Å². The number of aryl methyl sites for hydroxylation is 1. The molecule has 0 aromatic carbocycles. The summed E-state index contributed by atoms with van der Waals surface area (Å²) in [5.41, 5.74) is 8.01. The van der Waals surface area contributed by atoms with Crippen molar-refractivity contribution in [1.82, 2.24) is 14.9 Å². The predicted molar refractivity (Wildman–Crippen MR) is 79.1 cm³/mol. The van der Waals surface area contributed by atoms with E-state index in [1.807, 2.05) is 0 Å². The molecular formula is C14H21N5O2. The standard InChI is InChI=1S/C14H21N5O2/c15-13-17-11-5-2-1-4-10(11)12(18-13)16-6-8-19-7-3-9-21-14(19)20/h1-9H2,(H3,15,16,17,18). The van der Waals surface area contributed by atoms with Crippen molar-refractivity contribution >= 4 is 17.9 Å². The second kappa shape index (κ2) is 6.15. The fourth-order valence-electron chi connectivity index (χ4n) is 2.87. The van der Waals surface area contributed by atoms with Gasteiger partial charge in [-0.2, -0.15) is 4.98 Å². The number of hydrogen-bond acceptors (Lipinski definition) is 6. The lowest BCUT2D eigenvalue weighted by atomic mass is 9.96. The number of nitrogens with one attached hydrogen (secondary N) is 1. The van der Waals surface area contributed by atoms with Crippen molar-refractivity contribution in [2.45, 2.75) is 32.1 Å². The van der Waals surface area contributed by atoms with Crippen LogP contribution in [-0.2, 0) is 17.6 Å². The molecule has 0 saturated carbocycles. The van der Waals surface area contributed by atoms with Gasteiger partial charge in [0.1, 0.15) is 5.82 Å². The van der Waals surface area contributed by atoms with Crippen LogP contribution in [0.4, 0.5) is 16.6 Å². The largest absolute Gasteiger partial charge is 0.449 e. The second-order valence-electron chi connectivity index (χ2n) is 5.44. The van der Waals surface area contributed by atoms with Crippen LogP contribution >= 0.6 is 0 Å². The van der Waals surface area contributed by atoms with E-state index in [4.69, 9.17) is 10.5 Å². The first kappa shape index (κ1) is 13.9. The van der Waals surface area contributed by atoms with Crippen molar-refractivity contribution in [1.29, 1.82) is 0 Å². The van der Waals surface area contributed by atoms with Crippen LogP contribution in [0.25, 0.3) is 0 Å². The molecule has 0 radical (unpaired) electrons. The van der Waals surface area contributed by atoms with Gasteiger partial charge < -0.3 is 20.7 Å². The number of rotatable bonds is 4. The van der Waals surface area contributed by atoms with Crippen LogP contribution in [0.15, 0.2) is 0 Å². The molecule has 2 heterocycles. The van der Waals surface area contributed by atoms with Crippen LogP contribution in [-0.4, -0.2) is 47.2 Å². The van der Waals surface area contributed by atoms with Crippen LogP contribution in [0.1, 0.15) is 30.5 Å². The lowest BCUT2D eigenvalue weighted by Crippen LogP contribution is -2.40. The third-order valence-electron chi connectivity index (χ3n) is 3.93. The average Bonchev–Trinajstić information content (AvgIpc) is 2.49. The Morgan fingerprint density at radius 3 is 2.95 bits per heavy atom. The van der Waals surface area contributed by atoms with E-state index in [-0.39, 0.29) is 6.09 Å². The summed E-state index contributed by atoms with van der Waals surface area (Å²) in [6.45, 7) is 2.53. The van der Waals surface area contributed by atoms with E-state index in [1.54, 1.807) is 4.90 Å². The highest BCUT2D eigenvalue weighted by atomic mass is 16.6. The number of hydrogen-bond donors (Lipinski definition) is 2. The molecule has 114 valence electrons. The SMILES string of the molecule is Nc1nc2c(c(NCCN3CCCOC3=O)n1)CCCC2. The third-order valence-corrected chi connectivity index (χ3v) is 3.93. The van der Waals surface area contributed by atoms with E-state index in [1.165, 1.54) is 5.56 Å². The molecule has 2 aliphatic rings. The Kier molecular flexibility index (Phi) is 4.08. The van der Waals surface area contributed by atoms with Crippen molar-refractivity contribution in [3.63, 3.8) is 0 Å². The fraction of sp³-hybridized carbons (Fsp3) is 0.643. The number of ether oxygens (including phenoxy) is 1. The summed E-state index contributed by atoms with van der Waals surface area (Å²) >= 11 is 0. The lowest BCUT2D eigenvalue weighted by molar-refractivity contribution is 0.0746. The monoisotopic (exact) mass is 291 g/mol. The predicted octanol–water partition coefficient (Wildman–Crippen LogP) is 1.19. The van der Waals surface area contributed by atoms with Gasteiger partial charge in [0.15, 0.2) is 0 Å². The number of anilines is 2. The number of nitrogen functional groups attached to an aromatic ring is 1. The van der Waals surface area contributed by atoms with Gasteiger partial charge in [0.2, 0.25) is 5.95 Å². The average molecular weight is 291 g/mol. The van der Waals surface area contributed by atoms with E-state index >= 15 is 0 Å². The van der Waals surface area contributed by atoms with Gasteiger partial charge in [-0.05, 0) is 32.1 Å². The summed E-state index contributed by atoms with van der Waals surface area (Å²) in [6, 6.07) is 0. The Balaban J connectivity index is 1.62. The van der Waals surface area contributed by atoms with E-state index in [9.17, 15) is 4.79 Å². The number of nitrogens with two attached hydrogens (primary N) is 1. The van der Waals surface area contributed by atoms with E-state index in [0.29, 0.717) is 25.6 Å². The molecule has 1 amide bonds. The van der Waals surface area contributed by atoms with Crippen molar-refractivity contribution in [2.24, 2.45) is 0 Å². The molecule has 0 bridgehead atoms. The molecule has 1 aliphatic carbocycles. The topological polar surface area (TPSA) is 93.4 Å². The number of amides is 1. The molecule has 1 aromatic heterocycles. The number of fused-ring (bicyclic) bond motifs is 1. The molecule has 1 aliphatic heterocycles. The molecule has 3 N–H and O–H groups in total. The minimum Gasteiger partial charge on any atom is -0.449 e. The highest BCUT2D eigenvalue weighted by Crippen LogP contribution is 2.25. The number of nitrogens with zero attached hydrogens (tertiary/aromatic N) is 3. The highest BCUT2D eigenvalue weighted by molar-refractivity contribution is 5.68. The Labute approximate surface area is 123 Å². The summed E-state index contributed by atoms with van der Waals surface area (Å²) in [4.78, 5) is 21.9. The summed E-state index contributed by atoms with van der Waals surface area (Å²) in [5.74, 6) is 1.14. The van der Waals surface area contributed by atoms with Crippen molar-refractivity contribution in [3.8, 4) is 0 Å². The molecule has 1 aromatic rings. The minimum atomic E-state index is -0.229. The molecule has 1 fully saturated rings. The molecule has 7 heteroatoms. The van der Waals surface area contributed by atoms with E-state index < -0.39 is 0 Å². The van der Waals surface area contributed by atoms with E-state index in [0.717, 1.165) is 50.2 Å². The number of carbonyl (C=O) groups is 1. The van der Waals surface area contributed by atoms with E-state index in [2.05, 4.69) is 15.3 Å². The second-order valence-corrected chi connectivity index (χ2v) is 5.44. The van der Waals surface area contributed by atoms with Crippen LogP contribution in [0, 0.1) is 0 Å². The van der Waals surface area contributed by atoms with Crippen molar-refractivity contribution in [2.75, 3.05) is 37.3 Å². The minimum absolute atomic E-state index is 0.229. The Bertz CT molecular complexity index is 534. The van der Waals surface area contributed by atoms with Gasteiger partial charge in [0.05, 0.1) is 12.3 Å². The van der Waals surface area contributed by atoms with Crippen LogP contribution in [0.2, 0.25) is 0 Å². The maximum absolute atomic E-state index is 11.6. The number of cyclic esters (lactones) is 1. The molecule has 0 atom stereocenters. The highest BCUT2D eigenvalue weighted by Gasteiger charge is 2.20. The van der Waals surface area contributed by atoms with Crippen molar-refractivity contribution < 1.29 is 9.53 Å². The van der Waals surface area contributed by atoms with Crippen molar-refractivity contribution in [3.05, 3.63) is 11.3 Å². The zero-order chi connectivity index (χ0) is 14.7. The first-order valence-electron chi connectivity index (χ1n) is 7.55. The molecular weight excluding hydrogens is 270 g/mol. The summed E-state index contributed by atoms with van der Waals surface area (Å²) in [6.07, 6.45) is 4.93. The lowest BCUT2D eigenvalue weighted by Gasteiger charge is -2.26. The molecule has 1 saturated heterocycles. The number of aromatic nitrogens is 2. The first-order valence-corrected chi connectivity index (χ1v) is 7.55. The van der Waals surface area contributed by atoms with Crippen LogP contribution in [0.5, 0.6) is 0 Å². The summed E-state index contributed by atoms with van der Waals surface area (Å²) < 4.78 is 5.02. The van der Waals surface area contributed by atoms with Crippen LogP contribution < -0.4 is 11.1 Å². The smallest absolute Gasteiger partial charge is 0.409 e. The molecule has 0 unspecified atom stereocenters. The molecule has 21 heavy (non-hydrogen) atoms. The van der Waals surface area contributed by atoms with Gasteiger partial charge in [-0.1, -0.05) is 0 Å². The molecule has 7 nitrogen and oxygen atoms in total. The van der Waals surface area contributed by atoms with Gasteiger partial charge in [-0.15, -0.1) is 0 Å².